The number of amides is 1. The highest BCUT2D eigenvalue weighted by atomic mass is 32.1. The second-order valence-electron chi connectivity index (χ2n) is 7.51. The molecule has 2 aromatic rings. The minimum absolute atomic E-state index is 0.0275. The number of aryl methyl sites for hydroxylation is 3. The van der Waals surface area contributed by atoms with Crippen molar-refractivity contribution in [2.45, 2.75) is 77.4 Å². The molecule has 1 saturated carbocycles. The first-order valence-corrected chi connectivity index (χ1v) is 10.2. The lowest BCUT2D eigenvalue weighted by molar-refractivity contribution is -0.133. The summed E-state index contributed by atoms with van der Waals surface area (Å²) in [5.74, 6) is 0.150. The topological polar surface area (TPSA) is 55.2 Å². The predicted octanol–water partition coefficient (Wildman–Crippen LogP) is 3.13. The first-order chi connectivity index (χ1) is 12.1. The quantitative estimate of drug-likeness (QED) is 0.824. The van der Waals surface area contributed by atoms with Crippen molar-refractivity contribution in [1.82, 2.24) is 14.5 Å². The Kier molecular flexibility index (Phi) is 4.40. The lowest BCUT2D eigenvalue weighted by Crippen LogP contribution is -2.39. The van der Waals surface area contributed by atoms with Gasteiger partial charge >= 0.3 is 0 Å². The van der Waals surface area contributed by atoms with E-state index in [2.05, 4.69) is 18.8 Å². The predicted molar refractivity (Wildman–Crippen MR) is 100 cm³/mol. The Morgan fingerprint density at radius 3 is 2.84 bits per heavy atom. The molecule has 0 atom stereocenters. The first-order valence-electron chi connectivity index (χ1n) is 9.37. The highest BCUT2D eigenvalue weighted by Crippen LogP contribution is 2.33. The van der Waals surface area contributed by atoms with Crippen LogP contribution in [0.2, 0.25) is 0 Å². The van der Waals surface area contributed by atoms with Crippen LogP contribution in [-0.2, 0) is 24.2 Å². The molecule has 5 nitrogen and oxygen atoms in total. The highest BCUT2D eigenvalue weighted by molar-refractivity contribution is 7.18. The van der Waals surface area contributed by atoms with E-state index in [1.54, 1.807) is 22.2 Å². The monoisotopic (exact) mass is 359 g/mol. The van der Waals surface area contributed by atoms with E-state index in [-0.39, 0.29) is 17.5 Å². The Hall–Kier alpha value is -1.69. The van der Waals surface area contributed by atoms with Gasteiger partial charge in [0.05, 0.1) is 11.7 Å². The van der Waals surface area contributed by atoms with Crippen LogP contribution in [0.25, 0.3) is 10.2 Å². The fourth-order valence-corrected chi connectivity index (χ4v) is 5.17. The Morgan fingerprint density at radius 2 is 2.12 bits per heavy atom. The maximum Gasteiger partial charge on any atom is 0.262 e. The molecule has 0 N–H and O–H groups in total. The highest BCUT2D eigenvalue weighted by Gasteiger charge is 2.33. The molecule has 0 bridgehead atoms. The van der Waals surface area contributed by atoms with Crippen LogP contribution in [0, 0.1) is 0 Å². The van der Waals surface area contributed by atoms with E-state index in [0.29, 0.717) is 19.0 Å². The van der Waals surface area contributed by atoms with Crippen LogP contribution in [0.1, 0.15) is 56.4 Å². The molecule has 2 heterocycles. The summed E-state index contributed by atoms with van der Waals surface area (Å²) in [6, 6.07) is 0.634. The van der Waals surface area contributed by atoms with Gasteiger partial charge in [-0.2, -0.15) is 0 Å². The van der Waals surface area contributed by atoms with Gasteiger partial charge < -0.3 is 4.90 Å². The first kappa shape index (κ1) is 16.8. The smallest absolute Gasteiger partial charge is 0.262 e. The molecule has 0 spiro atoms. The summed E-state index contributed by atoms with van der Waals surface area (Å²) >= 11 is 1.67. The zero-order valence-corrected chi connectivity index (χ0v) is 15.8. The number of carbonyl (C=O) groups is 1. The zero-order chi connectivity index (χ0) is 17.6. The van der Waals surface area contributed by atoms with Crippen molar-refractivity contribution in [3.63, 3.8) is 0 Å². The van der Waals surface area contributed by atoms with Gasteiger partial charge in [0.25, 0.3) is 5.56 Å². The summed E-state index contributed by atoms with van der Waals surface area (Å²) in [7, 11) is 0. The number of carbonyl (C=O) groups excluding carboxylic acids is 1. The molecule has 1 amide bonds. The van der Waals surface area contributed by atoms with E-state index in [0.717, 1.165) is 42.3 Å². The van der Waals surface area contributed by atoms with E-state index in [1.165, 1.54) is 16.9 Å². The minimum Gasteiger partial charge on any atom is -0.337 e. The third-order valence-electron chi connectivity index (χ3n) is 5.29. The fourth-order valence-electron chi connectivity index (χ4n) is 3.95. The van der Waals surface area contributed by atoms with Gasteiger partial charge in [0.1, 0.15) is 4.83 Å². The number of hydrogen-bond acceptors (Lipinski definition) is 4. The maximum atomic E-state index is 12.9. The molecule has 2 aliphatic rings. The molecule has 2 aromatic heterocycles. The van der Waals surface area contributed by atoms with Gasteiger partial charge in [-0.25, -0.2) is 4.98 Å². The van der Waals surface area contributed by atoms with Crippen LogP contribution in [-0.4, -0.2) is 32.4 Å². The standard InChI is InChI=1S/C19H25N3O2S/c1-12(2)22(13-7-8-13)16(23)9-10-21-11-20-18-17(19(21)24)14-5-3-4-6-15(14)25-18/h11-13H,3-10H2,1-2H3. The van der Waals surface area contributed by atoms with Gasteiger partial charge in [-0.15, -0.1) is 11.3 Å². The summed E-state index contributed by atoms with van der Waals surface area (Å²) in [6.45, 7) is 4.54. The minimum atomic E-state index is 0.0275. The summed E-state index contributed by atoms with van der Waals surface area (Å²) in [5.41, 5.74) is 1.24. The van der Waals surface area contributed by atoms with Gasteiger partial charge in [0, 0.05) is 29.9 Å². The maximum absolute atomic E-state index is 12.9. The number of thiophene rings is 1. The largest absolute Gasteiger partial charge is 0.337 e. The zero-order valence-electron chi connectivity index (χ0n) is 15.0. The van der Waals surface area contributed by atoms with Crippen LogP contribution >= 0.6 is 11.3 Å². The van der Waals surface area contributed by atoms with E-state index in [9.17, 15) is 9.59 Å². The molecule has 4 rings (SSSR count). The van der Waals surface area contributed by atoms with Crippen molar-refractivity contribution in [2.75, 3.05) is 0 Å². The van der Waals surface area contributed by atoms with E-state index < -0.39 is 0 Å². The van der Waals surface area contributed by atoms with E-state index >= 15 is 0 Å². The molecule has 1 fully saturated rings. The van der Waals surface area contributed by atoms with Crippen LogP contribution in [0.5, 0.6) is 0 Å². The molecule has 6 heteroatoms. The Labute approximate surface area is 151 Å². The normalized spacial score (nSPS) is 17.1. The number of aromatic nitrogens is 2. The van der Waals surface area contributed by atoms with Crippen LogP contribution < -0.4 is 5.56 Å². The number of fused-ring (bicyclic) bond motifs is 3. The van der Waals surface area contributed by atoms with Crippen molar-refractivity contribution in [3.05, 3.63) is 27.1 Å². The third-order valence-corrected chi connectivity index (χ3v) is 6.49. The van der Waals surface area contributed by atoms with Gasteiger partial charge in [-0.1, -0.05) is 0 Å². The van der Waals surface area contributed by atoms with Crippen molar-refractivity contribution in [2.24, 2.45) is 0 Å². The Balaban J connectivity index is 1.56. The van der Waals surface area contributed by atoms with E-state index in [4.69, 9.17) is 0 Å². The molecule has 0 aliphatic heterocycles. The molecule has 0 saturated heterocycles. The summed E-state index contributed by atoms with van der Waals surface area (Å²) < 4.78 is 1.63. The molecule has 0 aromatic carbocycles. The second kappa shape index (κ2) is 6.56. The van der Waals surface area contributed by atoms with Crippen molar-refractivity contribution >= 4 is 27.5 Å². The molecule has 0 radical (unpaired) electrons. The fraction of sp³-hybridized carbons (Fsp3) is 0.632. The molecule has 0 unspecified atom stereocenters. The SMILES string of the molecule is CC(C)N(C(=O)CCn1cnc2sc3c(c2c1=O)CCCC3)C1CC1. The summed E-state index contributed by atoms with van der Waals surface area (Å²) in [5, 5.41) is 0.803. The third kappa shape index (κ3) is 3.12. The summed E-state index contributed by atoms with van der Waals surface area (Å²) in [4.78, 5) is 34.2. The second-order valence-corrected chi connectivity index (χ2v) is 8.59. The Morgan fingerprint density at radius 1 is 1.36 bits per heavy atom. The molecule has 134 valence electrons. The number of rotatable bonds is 5. The molecule has 25 heavy (non-hydrogen) atoms. The molecule has 2 aliphatic carbocycles. The van der Waals surface area contributed by atoms with Gasteiger partial charge in [0.2, 0.25) is 5.91 Å². The van der Waals surface area contributed by atoms with Crippen LogP contribution in [0.4, 0.5) is 0 Å². The van der Waals surface area contributed by atoms with Gasteiger partial charge in [-0.05, 0) is 57.9 Å². The molecular formula is C19H25N3O2S. The van der Waals surface area contributed by atoms with Crippen LogP contribution in [0.3, 0.4) is 0 Å². The molecular weight excluding hydrogens is 334 g/mol. The van der Waals surface area contributed by atoms with Crippen molar-refractivity contribution in [3.8, 4) is 0 Å². The van der Waals surface area contributed by atoms with E-state index in [1.807, 2.05) is 4.90 Å². The lowest BCUT2D eigenvalue weighted by Gasteiger charge is -2.26. The lowest BCUT2D eigenvalue weighted by atomic mass is 9.97. The van der Waals surface area contributed by atoms with Gasteiger partial charge in [0.15, 0.2) is 0 Å². The number of nitrogens with zero attached hydrogens (tertiary/aromatic N) is 3. The summed E-state index contributed by atoms with van der Waals surface area (Å²) in [6.07, 6.45) is 8.61. The average molecular weight is 359 g/mol. The van der Waals surface area contributed by atoms with Crippen molar-refractivity contribution < 1.29 is 4.79 Å². The average Bonchev–Trinajstić information content (AvgIpc) is 3.33. The van der Waals surface area contributed by atoms with Gasteiger partial charge in [-0.3, -0.25) is 14.2 Å². The van der Waals surface area contributed by atoms with Crippen molar-refractivity contribution in [1.29, 1.82) is 0 Å². The van der Waals surface area contributed by atoms with Crippen LogP contribution in [0.15, 0.2) is 11.1 Å². The number of hydrogen-bond donors (Lipinski definition) is 0. The Bertz CT molecular complexity index is 861.